The summed E-state index contributed by atoms with van der Waals surface area (Å²) in [6.07, 6.45) is 1.51. The third-order valence-corrected chi connectivity index (χ3v) is 6.50. The van der Waals surface area contributed by atoms with E-state index in [2.05, 4.69) is 10.3 Å². The van der Waals surface area contributed by atoms with Crippen LogP contribution < -0.4 is 10.2 Å². The number of aromatic nitrogens is 1. The van der Waals surface area contributed by atoms with Crippen molar-refractivity contribution in [2.75, 3.05) is 4.90 Å². The molecule has 6 nitrogen and oxygen atoms in total. The van der Waals surface area contributed by atoms with E-state index in [4.69, 9.17) is 16.0 Å². The fourth-order valence-electron chi connectivity index (χ4n) is 3.59. The lowest BCUT2D eigenvalue weighted by Crippen LogP contribution is -2.44. The number of carbonyl (C=O) groups is 2. The molecule has 4 rings (SSSR count). The van der Waals surface area contributed by atoms with Gasteiger partial charge in [-0.3, -0.25) is 14.5 Å². The number of hydrogen-bond acceptors (Lipinski definition) is 5. The summed E-state index contributed by atoms with van der Waals surface area (Å²) in [5.74, 6) is -1.06. The van der Waals surface area contributed by atoms with Crippen molar-refractivity contribution in [3.05, 3.63) is 105 Å². The summed E-state index contributed by atoms with van der Waals surface area (Å²) in [7, 11) is 0. The lowest BCUT2D eigenvalue weighted by molar-refractivity contribution is -0.122. The quantitative estimate of drug-likeness (QED) is 0.347. The van der Waals surface area contributed by atoms with Crippen molar-refractivity contribution in [1.82, 2.24) is 10.3 Å². The molecule has 0 aliphatic heterocycles. The maximum absolute atomic E-state index is 14.5. The van der Waals surface area contributed by atoms with Crippen molar-refractivity contribution in [2.45, 2.75) is 26.4 Å². The zero-order valence-corrected chi connectivity index (χ0v) is 20.0. The Bertz CT molecular complexity index is 1310. The Kier molecular flexibility index (Phi) is 7.09. The van der Waals surface area contributed by atoms with E-state index in [9.17, 15) is 14.0 Å². The minimum atomic E-state index is -1.09. The SMILES string of the molecule is Cc1nc(C)c(C(=O)N(c2ccc(Cl)c(F)c2)[C@@H](C(=O)NCc2ccco2)c2ccccc2)s1. The highest BCUT2D eigenvalue weighted by molar-refractivity contribution is 7.13. The van der Waals surface area contributed by atoms with Gasteiger partial charge in [-0.1, -0.05) is 41.9 Å². The summed E-state index contributed by atoms with van der Waals surface area (Å²) in [6.45, 7) is 3.65. The monoisotopic (exact) mass is 497 g/mol. The number of thiazole rings is 1. The molecule has 0 fully saturated rings. The van der Waals surface area contributed by atoms with Crippen LogP contribution in [0.4, 0.5) is 10.1 Å². The normalized spacial score (nSPS) is 11.8. The Balaban J connectivity index is 1.82. The van der Waals surface area contributed by atoms with Crippen LogP contribution in [0.25, 0.3) is 0 Å². The van der Waals surface area contributed by atoms with Crippen LogP contribution in [0.1, 0.15) is 37.7 Å². The zero-order valence-electron chi connectivity index (χ0n) is 18.4. The molecular weight excluding hydrogens is 477 g/mol. The molecule has 0 unspecified atom stereocenters. The molecule has 0 radical (unpaired) electrons. The van der Waals surface area contributed by atoms with Gasteiger partial charge in [0.2, 0.25) is 5.91 Å². The molecular formula is C25H21ClFN3O3S. The molecule has 9 heteroatoms. The summed E-state index contributed by atoms with van der Waals surface area (Å²) in [5.41, 5.74) is 1.29. The molecule has 2 aromatic carbocycles. The van der Waals surface area contributed by atoms with Crippen LogP contribution in [0.2, 0.25) is 5.02 Å². The lowest BCUT2D eigenvalue weighted by atomic mass is 10.0. The topological polar surface area (TPSA) is 75.4 Å². The maximum atomic E-state index is 14.5. The molecule has 2 aromatic heterocycles. The van der Waals surface area contributed by atoms with E-state index >= 15 is 0 Å². The van der Waals surface area contributed by atoms with Gasteiger partial charge in [-0.2, -0.15) is 0 Å². The van der Waals surface area contributed by atoms with Gasteiger partial charge >= 0.3 is 0 Å². The number of anilines is 1. The van der Waals surface area contributed by atoms with Gasteiger partial charge in [-0.15, -0.1) is 11.3 Å². The minimum absolute atomic E-state index is 0.0838. The molecule has 0 aliphatic carbocycles. The summed E-state index contributed by atoms with van der Waals surface area (Å²) >= 11 is 7.12. The van der Waals surface area contributed by atoms with Gasteiger partial charge in [-0.05, 0) is 49.7 Å². The second-order valence-electron chi connectivity index (χ2n) is 7.53. The first kappa shape index (κ1) is 23.7. The van der Waals surface area contributed by atoms with Crippen LogP contribution in [-0.2, 0) is 11.3 Å². The van der Waals surface area contributed by atoms with Crippen molar-refractivity contribution >= 4 is 40.4 Å². The summed E-state index contributed by atoms with van der Waals surface area (Å²) < 4.78 is 19.8. The molecule has 0 saturated carbocycles. The number of aryl methyl sites for hydroxylation is 2. The minimum Gasteiger partial charge on any atom is -0.467 e. The van der Waals surface area contributed by atoms with Crippen LogP contribution in [0, 0.1) is 19.7 Å². The molecule has 2 heterocycles. The molecule has 0 aliphatic rings. The standard InChI is InChI=1S/C25H21ClFN3O3S/c1-15-23(34-16(2)29-15)25(32)30(18-10-11-20(26)21(27)13-18)22(17-7-4-3-5-8-17)24(31)28-14-19-9-6-12-33-19/h3-13,22H,14H2,1-2H3,(H,28,31)/t22-/m1/s1. The number of nitrogens with zero attached hydrogens (tertiary/aromatic N) is 2. The molecule has 0 spiro atoms. The lowest BCUT2D eigenvalue weighted by Gasteiger charge is -2.31. The summed E-state index contributed by atoms with van der Waals surface area (Å²) in [5, 5.41) is 3.45. The fourth-order valence-corrected chi connectivity index (χ4v) is 4.57. The van der Waals surface area contributed by atoms with Crippen molar-refractivity contribution in [2.24, 2.45) is 0 Å². The van der Waals surface area contributed by atoms with Crippen molar-refractivity contribution in [3.63, 3.8) is 0 Å². The molecule has 2 amide bonds. The number of rotatable bonds is 7. The highest BCUT2D eigenvalue weighted by Crippen LogP contribution is 2.33. The zero-order chi connectivity index (χ0) is 24.2. The van der Waals surface area contributed by atoms with E-state index in [1.54, 1.807) is 50.2 Å². The maximum Gasteiger partial charge on any atom is 0.271 e. The average molecular weight is 498 g/mol. The Labute approximate surface area is 205 Å². The second-order valence-corrected chi connectivity index (χ2v) is 9.14. The predicted molar refractivity (Wildman–Crippen MR) is 130 cm³/mol. The molecule has 174 valence electrons. The molecule has 0 saturated heterocycles. The number of halogens is 2. The van der Waals surface area contributed by atoms with Crippen molar-refractivity contribution in [1.29, 1.82) is 0 Å². The number of furan rings is 1. The van der Waals surface area contributed by atoms with E-state index in [-0.39, 0.29) is 17.3 Å². The van der Waals surface area contributed by atoms with Gasteiger partial charge < -0.3 is 9.73 Å². The number of nitrogens with one attached hydrogen (secondary N) is 1. The Morgan fingerprint density at radius 2 is 1.91 bits per heavy atom. The Morgan fingerprint density at radius 3 is 2.53 bits per heavy atom. The van der Waals surface area contributed by atoms with Crippen molar-refractivity contribution in [3.8, 4) is 0 Å². The summed E-state index contributed by atoms with van der Waals surface area (Å²) in [6, 6.07) is 15.2. The summed E-state index contributed by atoms with van der Waals surface area (Å²) in [4.78, 5) is 33.4. The van der Waals surface area contributed by atoms with Gasteiger partial charge in [0.25, 0.3) is 5.91 Å². The van der Waals surface area contributed by atoms with E-state index in [1.807, 2.05) is 6.07 Å². The third kappa shape index (κ3) is 5.03. The van der Waals surface area contributed by atoms with Crippen LogP contribution in [0.15, 0.2) is 71.3 Å². The molecule has 1 atom stereocenters. The van der Waals surface area contributed by atoms with Gasteiger partial charge in [-0.25, -0.2) is 9.37 Å². The first-order chi connectivity index (χ1) is 16.3. The van der Waals surface area contributed by atoms with E-state index in [0.717, 1.165) is 6.07 Å². The van der Waals surface area contributed by atoms with Gasteiger partial charge in [0.05, 0.1) is 28.5 Å². The number of hydrogen-bond donors (Lipinski definition) is 1. The second kappa shape index (κ2) is 10.2. The number of benzene rings is 2. The van der Waals surface area contributed by atoms with Crippen LogP contribution in [-0.4, -0.2) is 16.8 Å². The first-order valence-corrected chi connectivity index (χ1v) is 11.6. The molecule has 34 heavy (non-hydrogen) atoms. The number of carbonyl (C=O) groups excluding carboxylic acids is 2. The van der Waals surface area contributed by atoms with E-state index in [0.29, 0.717) is 26.9 Å². The van der Waals surface area contributed by atoms with E-state index in [1.165, 1.54) is 34.6 Å². The Hall–Kier alpha value is -3.49. The average Bonchev–Trinajstić information content (AvgIpc) is 3.47. The highest BCUT2D eigenvalue weighted by atomic mass is 35.5. The van der Waals surface area contributed by atoms with Crippen LogP contribution in [0.5, 0.6) is 0 Å². The third-order valence-electron chi connectivity index (χ3n) is 5.14. The largest absolute Gasteiger partial charge is 0.467 e. The predicted octanol–water partition coefficient (Wildman–Crippen LogP) is 5.85. The molecule has 1 N–H and O–H groups in total. The van der Waals surface area contributed by atoms with Gasteiger partial charge in [0.1, 0.15) is 22.5 Å². The van der Waals surface area contributed by atoms with Crippen molar-refractivity contribution < 1.29 is 18.4 Å². The van der Waals surface area contributed by atoms with Gasteiger partial charge in [0.15, 0.2) is 0 Å². The smallest absolute Gasteiger partial charge is 0.271 e. The van der Waals surface area contributed by atoms with Gasteiger partial charge in [0, 0.05) is 5.69 Å². The van der Waals surface area contributed by atoms with Crippen LogP contribution in [0.3, 0.4) is 0 Å². The van der Waals surface area contributed by atoms with Crippen LogP contribution >= 0.6 is 22.9 Å². The number of amides is 2. The Morgan fingerprint density at radius 1 is 1.15 bits per heavy atom. The molecule has 4 aromatic rings. The fraction of sp³-hybridized carbons (Fsp3) is 0.160. The van der Waals surface area contributed by atoms with E-state index < -0.39 is 23.7 Å². The molecule has 0 bridgehead atoms. The first-order valence-electron chi connectivity index (χ1n) is 10.4. The highest BCUT2D eigenvalue weighted by Gasteiger charge is 2.35.